The number of halogens is 1. The van der Waals surface area contributed by atoms with Crippen molar-refractivity contribution in [3.05, 3.63) is 51.1 Å². The summed E-state index contributed by atoms with van der Waals surface area (Å²) in [5.41, 5.74) is 6.57. The van der Waals surface area contributed by atoms with Crippen molar-refractivity contribution in [2.45, 2.75) is 19.4 Å². The molecule has 0 amide bonds. The fraction of sp³-hybridized carbons (Fsp3) is 0.214. The maximum absolute atomic E-state index is 12.9. The fourth-order valence-corrected chi connectivity index (χ4v) is 2.76. The number of fused-ring (bicyclic) bond motifs is 1. The summed E-state index contributed by atoms with van der Waals surface area (Å²) >= 11 is 3.41. The number of nitrogens with two attached hydrogens (primary N) is 1. The molecule has 21 heavy (non-hydrogen) atoms. The van der Waals surface area contributed by atoms with Crippen LogP contribution in [0.2, 0.25) is 0 Å². The van der Waals surface area contributed by atoms with Gasteiger partial charge in [-0.1, -0.05) is 13.0 Å². The number of nitrogens with one attached hydrogen (secondary N) is 1. The van der Waals surface area contributed by atoms with Crippen molar-refractivity contribution in [2.75, 3.05) is 0 Å². The molecule has 2 aromatic heterocycles. The molecule has 0 aliphatic rings. The maximum Gasteiger partial charge on any atom is 0.268 e. The molecule has 0 unspecified atom stereocenters. The number of aromatic nitrogens is 4. The Hall–Kier alpha value is -1.99. The van der Waals surface area contributed by atoms with Crippen molar-refractivity contribution < 1.29 is 0 Å². The van der Waals surface area contributed by atoms with E-state index in [1.165, 1.54) is 4.57 Å². The van der Waals surface area contributed by atoms with E-state index in [0.29, 0.717) is 33.4 Å². The first-order chi connectivity index (χ1) is 10.1. The summed E-state index contributed by atoms with van der Waals surface area (Å²) in [5, 5.41) is 7.32. The van der Waals surface area contributed by atoms with E-state index in [1.807, 2.05) is 25.1 Å². The molecule has 0 saturated heterocycles. The second-order valence-electron chi connectivity index (χ2n) is 4.69. The molecule has 0 bridgehead atoms. The average molecular weight is 348 g/mol. The molecule has 0 spiro atoms. The molecular formula is C14H14BrN5O. The highest BCUT2D eigenvalue weighted by molar-refractivity contribution is 9.10. The average Bonchev–Trinajstić information content (AvgIpc) is 2.99. The Morgan fingerprint density at radius 3 is 2.90 bits per heavy atom. The van der Waals surface area contributed by atoms with Crippen molar-refractivity contribution >= 4 is 26.8 Å². The lowest BCUT2D eigenvalue weighted by atomic mass is 10.2. The van der Waals surface area contributed by atoms with Crippen LogP contribution in [0.1, 0.15) is 25.2 Å². The van der Waals surface area contributed by atoms with E-state index >= 15 is 0 Å². The monoisotopic (exact) mass is 347 g/mol. The minimum Gasteiger partial charge on any atom is -0.321 e. The number of aromatic amines is 1. The molecule has 3 rings (SSSR count). The van der Waals surface area contributed by atoms with Gasteiger partial charge in [-0.2, -0.15) is 5.10 Å². The fourth-order valence-electron chi connectivity index (χ4n) is 2.24. The molecule has 1 aromatic carbocycles. The van der Waals surface area contributed by atoms with E-state index in [2.05, 4.69) is 31.1 Å². The smallest absolute Gasteiger partial charge is 0.268 e. The van der Waals surface area contributed by atoms with Gasteiger partial charge in [-0.25, -0.2) is 9.55 Å². The minimum atomic E-state index is -0.335. The zero-order chi connectivity index (χ0) is 15.0. The predicted octanol–water partition coefficient (Wildman–Crippen LogP) is 2.28. The number of benzene rings is 1. The highest BCUT2D eigenvalue weighted by Gasteiger charge is 2.19. The van der Waals surface area contributed by atoms with Gasteiger partial charge in [0.2, 0.25) is 0 Å². The Morgan fingerprint density at radius 2 is 2.24 bits per heavy atom. The molecule has 108 valence electrons. The Balaban J connectivity index is 2.45. The molecule has 0 aliphatic heterocycles. The number of nitrogens with zero attached hydrogens (tertiary/aromatic N) is 3. The third-order valence-corrected chi connectivity index (χ3v) is 4.02. The van der Waals surface area contributed by atoms with Crippen molar-refractivity contribution in [3.63, 3.8) is 0 Å². The number of hydrogen-bond acceptors (Lipinski definition) is 4. The van der Waals surface area contributed by atoms with Crippen LogP contribution in [0.3, 0.4) is 0 Å². The van der Waals surface area contributed by atoms with Crippen molar-refractivity contribution in [2.24, 2.45) is 5.73 Å². The van der Waals surface area contributed by atoms with Gasteiger partial charge >= 0.3 is 0 Å². The SMILES string of the molecule is CC[C@H](N)c1nc2cccc(Br)c2c(=O)n1-c1cc[nH]n1. The molecule has 0 radical (unpaired) electrons. The van der Waals surface area contributed by atoms with Crippen molar-refractivity contribution in [1.82, 2.24) is 19.7 Å². The van der Waals surface area contributed by atoms with E-state index in [-0.39, 0.29) is 11.6 Å². The van der Waals surface area contributed by atoms with Crippen LogP contribution in [0.4, 0.5) is 0 Å². The van der Waals surface area contributed by atoms with Crippen LogP contribution in [0.25, 0.3) is 16.7 Å². The summed E-state index contributed by atoms with van der Waals surface area (Å²) in [7, 11) is 0. The van der Waals surface area contributed by atoms with Gasteiger partial charge in [0.15, 0.2) is 5.82 Å². The summed E-state index contributed by atoms with van der Waals surface area (Å²) in [6.07, 6.45) is 2.34. The molecule has 0 saturated carbocycles. The van der Waals surface area contributed by atoms with Crippen LogP contribution in [0.15, 0.2) is 39.7 Å². The van der Waals surface area contributed by atoms with E-state index in [1.54, 1.807) is 12.3 Å². The number of H-pyrrole nitrogens is 1. The largest absolute Gasteiger partial charge is 0.321 e. The number of hydrogen-bond donors (Lipinski definition) is 2. The zero-order valence-corrected chi connectivity index (χ0v) is 13.0. The van der Waals surface area contributed by atoms with Crippen molar-refractivity contribution in [1.29, 1.82) is 0 Å². The van der Waals surface area contributed by atoms with Gasteiger partial charge in [-0.05, 0) is 34.5 Å². The molecule has 6 nitrogen and oxygen atoms in total. The Kier molecular flexibility index (Phi) is 3.60. The quantitative estimate of drug-likeness (QED) is 0.760. The van der Waals surface area contributed by atoms with Gasteiger partial charge in [0, 0.05) is 16.7 Å². The molecule has 2 heterocycles. The van der Waals surface area contributed by atoms with E-state index in [4.69, 9.17) is 5.73 Å². The van der Waals surface area contributed by atoms with E-state index in [9.17, 15) is 4.79 Å². The lowest BCUT2D eigenvalue weighted by molar-refractivity contribution is 0.618. The molecule has 3 aromatic rings. The molecule has 3 N–H and O–H groups in total. The summed E-state index contributed by atoms with van der Waals surface area (Å²) in [6.45, 7) is 1.96. The Morgan fingerprint density at radius 1 is 1.43 bits per heavy atom. The zero-order valence-electron chi connectivity index (χ0n) is 11.4. The van der Waals surface area contributed by atoms with Gasteiger partial charge < -0.3 is 5.73 Å². The highest BCUT2D eigenvalue weighted by atomic mass is 79.9. The molecule has 1 atom stereocenters. The Labute approximate surface area is 129 Å². The molecular weight excluding hydrogens is 334 g/mol. The van der Waals surface area contributed by atoms with Gasteiger partial charge in [-0.3, -0.25) is 9.89 Å². The first-order valence-electron chi connectivity index (χ1n) is 6.60. The standard InChI is InChI=1S/C14H14BrN5O/c1-2-9(16)13-18-10-5-3-4-8(15)12(10)14(21)20(13)11-6-7-17-19-11/h3-7,9H,2,16H2,1H3,(H,17,19)/t9-/m0/s1. The number of rotatable bonds is 3. The topological polar surface area (TPSA) is 89.6 Å². The van der Waals surface area contributed by atoms with Gasteiger partial charge in [0.25, 0.3) is 5.56 Å². The minimum absolute atomic E-state index is 0.182. The molecule has 0 fully saturated rings. The maximum atomic E-state index is 12.9. The van der Waals surface area contributed by atoms with Gasteiger partial charge in [0.1, 0.15) is 5.82 Å². The van der Waals surface area contributed by atoms with Crippen LogP contribution >= 0.6 is 15.9 Å². The van der Waals surface area contributed by atoms with Crippen LogP contribution in [-0.2, 0) is 0 Å². The lowest BCUT2D eigenvalue weighted by Gasteiger charge is -2.16. The van der Waals surface area contributed by atoms with E-state index < -0.39 is 0 Å². The lowest BCUT2D eigenvalue weighted by Crippen LogP contribution is -2.28. The van der Waals surface area contributed by atoms with Crippen LogP contribution < -0.4 is 11.3 Å². The molecule has 0 aliphatic carbocycles. The predicted molar refractivity (Wildman–Crippen MR) is 84.4 cm³/mol. The van der Waals surface area contributed by atoms with Gasteiger partial charge in [-0.15, -0.1) is 0 Å². The van der Waals surface area contributed by atoms with Crippen LogP contribution in [0.5, 0.6) is 0 Å². The summed E-state index contributed by atoms with van der Waals surface area (Å²) in [6, 6.07) is 6.86. The third-order valence-electron chi connectivity index (χ3n) is 3.36. The summed E-state index contributed by atoms with van der Waals surface area (Å²) in [4.78, 5) is 17.5. The summed E-state index contributed by atoms with van der Waals surface area (Å²) in [5.74, 6) is 1.00. The van der Waals surface area contributed by atoms with Crippen LogP contribution in [0, 0.1) is 0 Å². The Bertz CT molecular complexity index is 840. The van der Waals surface area contributed by atoms with E-state index in [0.717, 1.165) is 0 Å². The van der Waals surface area contributed by atoms with Gasteiger partial charge in [0.05, 0.1) is 16.9 Å². The highest BCUT2D eigenvalue weighted by Crippen LogP contribution is 2.22. The third kappa shape index (κ3) is 2.28. The first kappa shape index (κ1) is 14.0. The summed E-state index contributed by atoms with van der Waals surface area (Å²) < 4.78 is 2.18. The molecule has 7 heteroatoms. The first-order valence-corrected chi connectivity index (χ1v) is 7.39. The second kappa shape index (κ2) is 5.42. The second-order valence-corrected chi connectivity index (χ2v) is 5.55. The van der Waals surface area contributed by atoms with Crippen LogP contribution in [-0.4, -0.2) is 19.7 Å². The normalized spacial score (nSPS) is 12.7. The van der Waals surface area contributed by atoms with Crippen molar-refractivity contribution in [3.8, 4) is 5.82 Å².